The Labute approximate surface area is 204 Å². The van der Waals surface area contributed by atoms with Gasteiger partial charge in [-0.05, 0) is 38.1 Å². The van der Waals surface area contributed by atoms with Crippen molar-refractivity contribution in [1.82, 2.24) is 20.5 Å². The third kappa shape index (κ3) is 5.97. The Morgan fingerprint density at radius 1 is 1.11 bits per heavy atom. The molecule has 0 radical (unpaired) electrons. The second kappa shape index (κ2) is 10.6. The molecule has 184 valence electrons. The molecule has 0 atom stereocenters. The van der Waals surface area contributed by atoms with Crippen molar-refractivity contribution in [2.75, 3.05) is 24.3 Å². The summed E-state index contributed by atoms with van der Waals surface area (Å²) < 4.78 is 11.4. The van der Waals surface area contributed by atoms with E-state index in [9.17, 15) is 4.79 Å². The SMILES string of the molecule is COc1cc(OC(C)C)cc2ncnc(Nc3ccc(NC(=O)CN4C=C(C(C)C)[NH2+]N4)cc3)c12. The van der Waals surface area contributed by atoms with Crippen LogP contribution in [0.5, 0.6) is 11.5 Å². The molecule has 0 unspecified atom stereocenters. The average Bonchev–Trinajstić information content (AvgIpc) is 3.28. The highest BCUT2D eigenvalue weighted by molar-refractivity contribution is 5.97. The highest BCUT2D eigenvalue weighted by Crippen LogP contribution is 2.35. The molecule has 1 aromatic heterocycles. The maximum Gasteiger partial charge on any atom is 0.245 e. The van der Waals surface area contributed by atoms with Gasteiger partial charge in [-0.25, -0.2) is 15.4 Å². The number of nitrogens with zero attached hydrogens (tertiary/aromatic N) is 3. The van der Waals surface area contributed by atoms with E-state index in [1.165, 1.54) is 6.33 Å². The Morgan fingerprint density at radius 3 is 2.51 bits per heavy atom. The summed E-state index contributed by atoms with van der Waals surface area (Å²) in [4.78, 5) is 21.2. The largest absolute Gasteiger partial charge is 0.496 e. The summed E-state index contributed by atoms with van der Waals surface area (Å²) in [5, 5.41) is 8.77. The van der Waals surface area contributed by atoms with Crippen molar-refractivity contribution >= 4 is 34.0 Å². The predicted molar refractivity (Wildman–Crippen MR) is 135 cm³/mol. The summed E-state index contributed by atoms with van der Waals surface area (Å²) in [6, 6.07) is 11.1. The van der Waals surface area contributed by atoms with Gasteiger partial charge < -0.3 is 20.1 Å². The number of carbonyl (C=O) groups is 1. The third-order valence-corrected chi connectivity index (χ3v) is 5.38. The summed E-state index contributed by atoms with van der Waals surface area (Å²) in [5.74, 6) is 2.21. The fourth-order valence-electron chi connectivity index (χ4n) is 3.67. The summed E-state index contributed by atoms with van der Waals surface area (Å²) in [6.07, 6.45) is 3.49. The van der Waals surface area contributed by atoms with Crippen LogP contribution >= 0.6 is 0 Å². The third-order valence-electron chi connectivity index (χ3n) is 5.38. The van der Waals surface area contributed by atoms with Crippen molar-refractivity contribution in [2.45, 2.75) is 33.8 Å². The maximum absolute atomic E-state index is 12.4. The number of carbonyl (C=O) groups excluding carboxylic acids is 1. The highest BCUT2D eigenvalue weighted by Gasteiger charge is 2.20. The number of nitrogens with two attached hydrogens (primary N) is 1. The molecule has 2 aromatic carbocycles. The number of fused-ring (bicyclic) bond motifs is 1. The molecular formula is C25H32N7O3+. The van der Waals surface area contributed by atoms with Gasteiger partial charge in [0.1, 0.15) is 35.9 Å². The number of amides is 1. The maximum atomic E-state index is 12.4. The molecule has 35 heavy (non-hydrogen) atoms. The van der Waals surface area contributed by atoms with Crippen LogP contribution in [-0.2, 0) is 4.79 Å². The average molecular weight is 479 g/mol. The lowest BCUT2D eigenvalue weighted by molar-refractivity contribution is -0.680. The van der Waals surface area contributed by atoms with Gasteiger partial charge in [-0.1, -0.05) is 19.4 Å². The fourth-order valence-corrected chi connectivity index (χ4v) is 3.67. The van der Waals surface area contributed by atoms with E-state index in [0.29, 0.717) is 34.4 Å². The van der Waals surface area contributed by atoms with E-state index in [1.807, 2.05) is 61.9 Å². The monoisotopic (exact) mass is 478 g/mol. The normalized spacial score (nSPS) is 13.3. The Balaban J connectivity index is 1.45. The van der Waals surface area contributed by atoms with Crippen molar-refractivity contribution in [3.8, 4) is 11.5 Å². The fraction of sp³-hybridized carbons (Fsp3) is 0.320. The van der Waals surface area contributed by atoms with Crippen LogP contribution in [0.3, 0.4) is 0 Å². The van der Waals surface area contributed by atoms with Crippen LogP contribution in [0.2, 0.25) is 0 Å². The van der Waals surface area contributed by atoms with Gasteiger partial charge in [0.15, 0.2) is 0 Å². The zero-order valence-electron chi connectivity index (χ0n) is 20.6. The molecule has 0 bridgehead atoms. The minimum absolute atomic E-state index is 0.0366. The molecular weight excluding hydrogens is 446 g/mol. The van der Waals surface area contributed by atoms with Crippen molar-refractivity contribution in [3.05, 3.63) is 54.6 Å². The van der Waals surface area contributed by atoms with Crippen molar-refractivity contribution < 1.29 is 19.7 Å². The molecule has 0 fully saturated rings. The first-order valence-corrected chi connectivity index (χ1v) is 11.6. The molecule has 0 spiro atoms. The summed E-state index contributed by atoms with van der Waals surface area (Å²) in [5.41, 5.74) is 8.40. The number of aromatic nitrogens is 2. The number of ether oxygens (including phenoxy) is 2. The number of benzene rings is 2. The van der Waals surface area contributed by atoms with E-state index in [-0.39, 0.29) is 18.6 Å². The zero-order valence-corrected chi connectivity index (χ0v) is 20.6. The molecule has 0 aliphatic carbocycles. The number of rotatable bonds is 9. The van der Waals surface area contributed by atoms with Gasteiger partial charge in [-0.3, -0.25) is 9.80 Å². The number of quaternary nitrogens is 1. The van der Waals surface area contributed by atoms with E-state index in [4.69, 9.17) is 9.47 Å². The lowest BCUT2D eigenvalue weighted by atomic mass is 10.2. The summed E-state index contributed by atoms with van der Waals surface area (Å²) >= 11 is 0. The van der Waals surface area contributed by atoms with E-state index in [0.717, 1.165) is 16.8 Å². The van der Waals surface area contributed by atoms with Crippen LogP contribution in [0.15, 0.2) is 54.6 Å². The van der Waals surface area contributed by atoms with Crippen LogP contribution in [-0.4, -0.2) is 40.6 Å². The van der Waals surface area contributed by atoms with Crippen LogP contribution in [0, 0.1) is 5.92 Å². The number of hydrogen-bond donors (Lipinski definition) is 4. The number of hydrogen-bond acceptors (Lipinski definition) is 8. The highest BCUT2D eigenvalue weighted by atomic mass is 16.5. The lowest BCUT2D eigenvalue weighted by Crippen LogP contribution is -2.91. The molecule has 0 saturated heterocycles. The number of anilines is 3. The predicted octanol–water partition coefficient (Wildman–Crippen LogP) is 2.90. The first kappa shape index (κ1) is 24.2. The van der Waals surface area contributed by atoms with E-state index in [1.54, 1.807) is 12.1 Å². The second-order valence-electron chi connectivity index (χ2n) is 8.84. The van der Waals surface area contributed by atoms with E-state index < -0.39 is 0 Å². The Hall–Kier alpha value is -3.89. The van der Waals surface area contributed by atoms with Crippen molar-refractivity contribution in [1.29, 1.82) is 0 Å². The molecule has 0 saturated carbocycles. The molecule has 10 nitrogen and oxygen atoms in total. The van der Waals surface area contributed by atoms with Crippen molar-refractivity contribution in [2.24, 2.45) is 5.92 Å². The van der Waals surface area contributed by atoms with Crippen LogP contribution < -0.4 is 31.1 Å². The summed E-state index contributed by atoms with van der Waals surface area (Å²) in [7, 11) is 1.61. The molecule has 2 heterocycles. The Bertz CT molecular complexity index is 1230. The first-order chi connectivity index (χ1) is 16.8. The molecule has 1 amide bonds. The smallest absolute Gasteiger partial charge is 0.245 e. The molecule has 4 rings (SSSR count). The van der Waals surface area contributed by atoms with Gasteiger partial charge in [-0.2, -0.15) is 0 Å². The number of hydrazine groups is 1. The zero-order chi connectivity index (χ0) is 24.9. The standard InChI is InChI=1S/C25H31N7O3/c1-15(2)21-12-32(31-30-21)13-23(33)28-17-6-8-18(9-7-17)29-25-24-20(26-14-27-25)10-19(35-16(3)4)11-22(24)34-5/h6-12,14-16,30-31H,13H2,1-5H3,(H,28,33)(H,26,27,29)/p+1. The Morgan fingerprint density at radius 2 is 1.86 bits per heavy atom. The van der Waals surface area contributed by atoms with Crippen LogP contribution in [0.1, 0.15) is 27.7 Å². The minimum atomic E-state index is -0.112. The topological polar surface area (TPSA) is 117 Å². The van der Waals surface area contributed by atoms with Crippen LogP contribution in [0.25, 0.3) is 10.9 Å². The second-order valence-corrected chi connectivity index (χ2v) is 8.84. The van der Waals surface area contributed by atoms with E-state index in [2.05, 4.69) is 40.0 Å². The summed E-state index contributed by atoms with van der Waals surface area (Å²) in [6.45, 7) is 8.38. The molecule has 10 heteroatoms. The van der Waals surface area contributed by atoms with Gasteiger partial charge in [0.05, 0.1) is 30.3 Å². The molecule has 1 aliphatic rings. The van der Waals surface area contributed by atoms with Gasteiger partial charge in [0.2, 0.25) is 5.91 Å². The minimum Gasteiger partial charge on any atom is -0.496 e. The van der Waals surface area contributed by atoms with Gasteiger partial charge in [-0.15, -0.1) is 0 Å². The quantitative estimate of drug-likeness (QED) is 0.347. The van der Waals surface area contributed by atoms with Gasteiger partial charge >= 0.3 is 0 Å². The number of nitrogens with one attached hydrogen (secondary N) is 3. The van der Waals surface area contributed by atoms with Gasteiger partial charge in [0.25, 0.3) is 0 Å². The van der Waals surface area contributed by atoms with E-state index >= 15 is 0 Å². The molecule has 5 N–H and O–H groups in total. The van der Waals surface area contributed by atoms with Crippen LogP contribution in [0.4, 0.5) is 17.2 Å². The molecule has 3 aromatic rings. The number of allylic oxidation sites excluding steroid dienone is 1. The molecule has 1 aliphatic heterocycles. The Kier molecular flexibility index (Phi) is 7.33. The van der Waals surface area contributed by atoms with Crippen molar-refractivity contribution in [3.63, 3.8) is 0 Å². The number of methoxy groups -OCH3 is 1. The lowest BCUT2D eigenvalue weighted by Gasteiger charge is -2.15. The first-order valence-electron chi connectivity index (χ1n) is 11.6. The van der Waals surface area contributed by atoms with Gasteiger partial charge in [0, 0.05) is 29.4 Å².